The first kappa shape index (κ1) is 20.2. The summed E-state index contributed by atoms with van der Waals surface area (Å²) in [5.41, 5.74) is 1.40. The molecule has 0 amide bonds. The molecule has 3 heteroatoms. The van der Waals surface area contributed by atoms with Gasteiger partial charge in [-0.1, -0.05) is 0 Å². The van der Waals surface area contributed by atoms with Gasteiger partial charge < -0.3 is 0 Å². The van der Waals surface area contributed by atoms with Gasteiger partial charge in [-0.15, -0.1) is 0 Å². The van der Waals surface area contributed by atoms with E-state index in [1.165, 1.54) is 21.5 Å². The summed E-state index contributed by atoms with van der Waals surface area (Å²) in [5, 5.41) is 4.38. The van der Waals surface area contributed by atoms with Crippen LogP contribution in [0.2, 0.25) is 0 Å². The van der Waals surface area contributed by atoms with E-state index in [9.17, 15) is 0 Å². The molecule has 0 saturated heterocycles. The normalized spacial score (nSPS) is 11.1. The summed E-state index contributed by atoms with van der Waals surface area (Å²) in [7, 11) is 0.113. The molecule has 4 aromatic rings. The van der Waals surface area contributed by atoms with Crippen molar-refractivity contribution >= 4 is 32.3 Å². The first-order chi connectivity index (χ1) is 13.9. The molecule has 0 aromatic heterocycles. The number of rotatable bonds is 5. The summed E-state index contributed by atoms with van der Waals surface area (Å²) in [6, 6.07) is 44.2. The van der Waals surface area contributed by atoms with Crippen molar-refractivity contribution in [2.45, 2.75) is 6.16 Å². The van der Waals surface area contributed by atoms with Crippen LogP contribution in [0.1, 0.15) is 5.56 Å². The van der Waals surface area contributed by atoms with E-state index in [1.807, 2.05) is 0 Å². The molecule has 0 aliphatic rings. The number of hydrogen-bond acceptors (Lipinski definition) is 1. The molecule has 4 aromatic carbocycles. The maximum absolute atomic E-state index is 7.94. The van der Waals surface area contributed by atoms with Gasteiger partial charge in [0.2, 0.25) is 0 Å². The van der Waals surface area contributed by atoms with E-state index in [-0.39, 0.29) is 0 Å². The fourth-order valence-electron chi connectivity index (χ4n) is 3.88. The summed E-state index contributed by atoms with van der Waals surface area (Å²) in [6.45, 7) is 0. The van der Waals surface area contributed by atoms with Crippen molar-refractivity contribution < 1.29 is 4.57 Å². The average Bonchev–Trinajstić information content (AvgIpc) is 2.81. The summed E-state index contributed by atoms with van der Waals surface area (Å²) >= 11 is 0. The molecule has 0 saturated carbocycles. The van der Waals surface area contributed by atoms with Gasteiger partial charge in [-0.2, -0.15) is 0 Å². The van der Waals surface area contributed by atoms with Gasteiger partial charge in [0.1, 0.15) is 0 Å². The molecule has 4 rings (SSSR count). The van der Waals surface area contributed by atoms with E-state index in [4.69, 9.17) is 4.57 Å². The van der Waals surface area contributed by atoms with Crippen LogP contribution in [-0.2, 0) is 10.7 Å². The van der Waals surface area contributed by atoms with Crippen molar-refractivity contribution in [1.82, 2.24) is 0 Å². The molecule has 28 heavy (non-hydrogen) atoms. The van der Waals surface area contributed by atoms with Crippen molar-refractivity contribution in [3.05, 3.63) is 127 Å². The monoisotopic (exact) mass is 401 g/mol. The van der Waals surface area contributed by atoms with Gasteiger partial charge in [0, 0.05) is 0 Å². The molecule has 0 heterocycles. The third-order valence-electron chi connectivity index (χ3n) is 5.11. The summed E-state index contributed by atoms with van der Waals surface area (Å²) in [4.78, 5) is 0. The molecular weight excluding hydrogens is 378 g/mol. The van der Waals surface area contributed by atoms with Crippen LogP contribution in [0.15, 0.2) is 121 Å². The Morgan fingerprint density at radius 2 is 0.750 bits per heavy atom. The maximum atomic E-state index is 7.94. The second kappa shape index (κ2) is 10.1. The SMILES string of the molecule is O=[P].c1ccc(C[PH](c2ccccc2)(c2ccccc2)c2ccccc2)cc1. The fraction of sp³-hybridized carbons (Fsp3) is 0.0400. The third kappa shape index (κ3) is 4.28. The molecule has 0 aliphatic heterocycles. The number of hydrogen-bond donors (Lipinski definition) is 0. The molecule has 0 aliphatic carbocycles. The Kier molecular flexibility index (Phi) is 7.26. The van der Waals surface area contributed by atoms with Crippen molar-refractivity contribution in [2.24, 2.45) is 0 Å². The standard InChI is InChI=1S/C25H23P.OP/c1-5-13-22(14-6-1)21-26(23-15-7-2-8-16-23,24-17-9-3-10-18-24)25-19-11-4-12-20-25;1-2/h1-20,26H,21H2;. The van der Waals surface area contributed by atoms with Gasteiger partial charge in [0.25, 0.3) is 9.12 Å². The quantitative estimate of drug-likeness (QED) is 0.395. The first-order valence-electron chi connectivity index (χ1n) is 9.28. The summed E-state index contributed by atoms with van der Waals surface area (Å²) in [5.74, 6) is 0. The fourth-order valence-corrected chi connectivity index (χ4v) is 8.62. The minimum absolute atomic E-state index is 1.06. The molecule has 1 nitrogen and oxygen atoms in total. The zero-order valence-corrected chi connectivity index (χ0v) is 17.5. The van der Waals surface area contributed by atoms with Gasteiger partial charge in [0.15, 0.2) is 0 Å². The van der Waals surface area contributed by atoms with Gasteiger partial charge >= 0.3 is 156 Å². The van der Waals surface area contributed by atoms with Crippen LogP contribution >= 0.6 is 16.4 Å². The van der Waals surface area contributed by atoms with Crippen LogP contribution in [-0.4, -0.2) is 0 Å². The van der Waals surface area contributed by atoms with E-state index < -0.39 is 7.26 Å². The van der Waals surface area contributed by atoms with E-state index >= 15 is 0 Å². The second-order valence-electron chi connectivity index (χ2n) is 6.67. The van der Waals surface area contributed by atoms with Gasteiger partial charge in [-0.05, 0) is 0 Å². The number of benzene rings is 4. The molecule has 0 bridgehead atoms. The van der Waals surface area contributed by atoms with Gasteiger partial charge in [-0.3, -0.25) is 4.57 Å². The Morgan fingerprint density at radius 1 is 0.464 bits per heavy atom. The van der Waals surface area contributed by atoms with Crippen LogP contribution in [0.25, 0.3) is 0 Å². The van der Waals surface area contributed by atoms with E-state index in [0.29, 0.717) is 0 Å². The van der Waals surface area contributed by atoms with E-state index in [2.05, 4.69) is 130 Å². The zero-order valence-electron chi connectivity index (χ0n) is 15.6. The predicted molar refractivity (Wildman–Crippen MR) is 124 cm³/mol. The van der Waals surface area contributed by atoms with Crippen molar-refractivity contribution in [3.63, 3.8) is 0 Å². The molecule has 0 spiro atoms. The Balaban J connectivity index is 0.00000109. The van der Waals surface area contributed by atoms with Crippen LogP contribution in [0.4, 0.5) is 0 Å². The Labute approximate surface area is 170 Å². The van der Waals surface area contributed by atoms with Crippen molar-refractivity contribution in [1.29, 1.82) is 0 Å². The minimum atomic E-state index is -2.16. The average molecular weight is 401 g/mol. The predicted octanol–water partition coefficient (Wildman–Crippen LogP) is 5.66. The Bertz CT molecular complexity index is 862. The van der Waals surface area contributed by atoms with Crippen molar-refractivity contribution in [3.8, 4) is 0 Å². The molecule has 0 unspecified atom stereocenters. The molecule has 1 radical (unpaired) electrons. The Morgan fingerprint density at radius 3 is 1.07 bits per heavy atom. The first-order valence-corrected chi connectivity index (χ1v) is 11.9. The molecule has 139 valence electrons. The molecule has 0 atom stereocenters. The van der Waals surface area contributed by atoms with Crippen LogP contribution in [0.3, 0.4) is 0 Å². The van der Waals surface area contributed by atoms with Crippen LogP contribution in [0.5, 0.6) is 0 Å². The molecular formula is C25H23OP2. The summed E-state index contributed by atoms with van der Waals surface area (Å²) < 4.78 is 7.94. The van der Waals surface area contributed by atoms with Crippen LogP contribution < -0.4 is 15.9 Å². The van der Waals surface area contributed by atoms with E-state index in [1.54, 1.807) is 0 Å². The zero-order chi connectivity index (χ0) is 19.7. The van der Waals surface area contributed by atoms with Gasteiger partial charge in [0.05, 0.1) is 0 Å². The second-order valence-corrected chi connectivity index (χ2v) is 10.6. The Hall–Kier alpha value is -2.59. The third-order valence-corrected chi connectivity index (χ3v) is 10.0. The van der Waals surface area contributed by atoms with Crippen LogP contribution in [0, 0.1) is 0 Å². The summed E-state index contributed by atoms with van der Waals surface area (Å²) in [6.07, 6.45) is 1.06. The van der Waals surface area contributed by atoms with Gasteiger partial charge in [-0.25, -0.2) is 0 Å². The topological polar surface area (TPSA) is 17.1 Å². The van der Waals surface area contributed by atoms with E-state index in [0.717, 1.165) is 6.16 Å². The van der Waals surface area contributed by atoms with Crippen molar-refractivity contribution in [2.75, 3.05) is 0 Å². The molecule has 0 fully saturated rings. The molecule has 0 N–H and O–H groups in total.